The van der Waals surface area contributed by atoms with Crippen LogP contribution >= 0.6 is 0 Å². The first-order valence-corrected chi connectivity index (χ1v) is 10.1. The van der Waals surface area contributed by atoms with Gasteiger partial charge in [-0.15, -0.1) is 0 Å². The minimum absolute atomic E-state index is 0. The van der Waals surface area contributed by atoms with Crippen LogP contribution < -0.4 is 5.73 Å². The van der Waals surface area contributed by atoms with Crippen LogP contribution in [0.15, 0.2) is 0 Å². The predicted octanol–water partition coefficient (Wildman–Crippen LogP) is 5.24. The van der Waals surface area contributed by atoms with Gasteiger partial charge in [0.15, 0.2) is 0 Å². The summed E-state index contributed by atoms with van der Waals surface area (Å²) in [5.74, 6) is -0.754. The second kappa shape index (κ2) is 25.5. The van der Waals surface area contributed by atoms with Crippen molar-refractivity contribution in [1.82, 2.24) is 0 Å². The van der Waals surface area contributed by atoms with Gasteiger partial charge in [0.2, 0.25) is 0 Å². The first kappa shape index (κ1) is 29.0. The Morgan fingerprint density at radius 3 is 1.54 bits per heavy atom. The number of unbranched alkanes of at least 4 members (excludes halogenated alkanes) is 10. The molecule has 0 fully saturated rings. The molecule has 0 spiro atoms. The second-order valence-corrected chi connectivity index (χ2v) is 6.56. The third kappa shape index (κ3) is 24.5. The summed E-state index contributed by atoms with van der Waals surface area (Å²) in [7, 11) is 0. The topological polar surface area (TPSA) is 63.3 Å². The van der Waals surface area contributed by atoms with Gasteiger partial charge in [0.25, 0.3) is 0 Å². The van der Waals surface area contributed by atoms with Crippen molar-refractivity contribution >= 4 is 29.9 Å². The van der Waals surface area contributed by atoms with Gasteiger partial charge < -0.3 is 10.8 Å². The summed E-state index contributed by atoms with van der Waals surface area (Å²) in [5.41, 5.74) is 5.42. The van der Waals surface area contributed by atoms with E-state index in [0.29, 0.717) is 0 Å². The first-order chi connectivity index (χ1) is 11.1. The van der Waals surface area contributed by atoms with Crippen LogP contribution in [0.1, 0.15) is 111 Å². The van der Waals surface area contributed by atoms with E-state index in [2.05, 4.69) is 13.8 Å². The van der Waals surface area contributed by atoms with E-state index in [1.165, 1.54) is 64.2 Å². The minimum atomic E-state index is -0.643. The Kier molecular flexibility index (Phi) is 30.8. The zero-order valence-corrected chi connectivity index (χ0v) is 20.9. The fourth-order valence-corrected chi connectivity index (χ4v) is 2.58. The van der Waals surface area contributed by atoms with Crippen LogP contribution in [0.2, 0.25) is 0 Å². The predicted molar refractivity (Wildman–Crippen MR) is 110 cm³/mol. The monoisotopic (exact) mass is 451 g/mol. The molecule has 0 bridgehead atoms. The molecule has 0 aromatic heterocycles. The van der Waals surface area contributed by atoms with Crippen molar-refractivity contribution in [3.63, 3.8) is 0 Å². The third-order valence-electron chi connectivity index (χ3n) is 4.31. The fraction of sp³-hybridized carbons (Fsp3) is 0.950. The molecule has 24 heavy (non-hydrogen) atoms. The Hall–Kier alpha value is 0.229. The van der Waals surface area contributed by atoms with Gasteiger partial charge in [-0.1, -0.05) is 91.4 Å². The number of hydrogen-bond acceptors (Lipinski definition) is 2. The molecule has 3 nitrogen and oxygen atoms in total. The molecule has 1 unspecified atom stereocenters. The molecular weight excluding hydrogens is 405 g/mol. The van der Waals surface area contributed by atoms with Gasteiger partial charge in [0.05, 0.1) is 5.92 Å². The number of rotatable bonds is 15. The third-order valence-corrected chi connectivity index (χ3v) is 4.31. The van der Waals surface area contributed by atoms with Crippen molar-refractivity contribution in [3.05, 3.63) is 0 Å². The van der Waals surface area contributed by atoms with E-state index in [1.807, 2.05) is 6.92 Å². The number of nitrogens with two attached hydrogens (primary N) is 1. The van der Waals surface area contributed by atoms with Crippen molar-refractivity contribution in [2.45, 2.75) is 111 Å². The Morgan fingerprint density at radius 1 is 0.792 bits per heavy atom. The molecule has 0 saturated carbocycles. The number of carbonyl (C=O) groups is 1. The fourth-order valence-electron chi connectivity index (χ4n) is 2.58. The van der Waals surface area contributed by atoms with Crippen LogP contribution in [-0.4, -0.2) is 41.5 Å². The van der Waals surface area contributed by atoms with Gasteiger partial charge in [-0.05, 0) is 25.8 Å². The van der Waals surface area contributed by atoms with Crippen molar-refractivity contribution in [2.24, 2.45) is 11.7 Å². The molecule has 0 aliphatic rings. The molecule has 0 amide bonds. The van der Waals surface area contributed by atoms with Crippen molar-refractivity contribution in [3.8, 4) is 0 Å². The normalized spacial score (nSPS) is 11.2. The van der Waals surface area contributed by atoms with E-state index >= 15 is 0 Å². The van der Waals surface area contributed by atoms with Crippen LogP contribution in [0, 0.1) is 5.92 Å². The second-order valence-electron chi connectivity index (χ2n) is 6.56. The summed E-state index contributed by atoms with van der Waals surface area (Å²) in [5, 5.41) is 8.60. The van der Waals surface area contributed by atoms with E-state index in [0.717, 1.165) is 32.2 Å². The van der Waals surface area contributed by atoms with E-state index in [4.69, 9.17) is 10.8 Å². The van der Waals surface area contributed by atoms with Crippen molar-refractivity contribution in [2.75, 3.05) is 6.54 Å². The van der Waals surface area contributed by atoms with Gasteiger partial charge in [-0.2, -0.15) is 0 Å². The summed E-state index contributed by atoms with van der Waals surface area (Å²) in [6.45, 7) is 7.15. The van der Waals surface area contributed by atoms with Crippen LogP contribution in [0.3, 0.4) is 0 Å². The molecule has 0 aromatic carbocycles. The van der Waals surface area contributed by atoms with Crippen molar-refractivity contribution in [1.29, 1.82) is 0 Å². The molecule has 3 N–H and O–H groups in total. The number of hydrogen-bond donors (Lipinski definition) is 2. The molecule has 0 heterocycles. The SMILES string of the molecule is CCCCC(CC)C(=O)O.CCCCCCCCCCCCN.[SnH2]. The van der Waals surface area contributed by atoms with Gasteiger partial charge >= 0.3 is 29.9 Å². The summed E-state index contributed by atoms with van der Waals surface area (Å²) in [4.78, 5) is 10.4. The van der Waals surface area contributed by atoms with Gasteiger partial charge in [-0.3, -0.25) is 4.79 Å². The van der Waals surface area contributed by atoms with E-state index in [1.54, 1.807) is 0 Å². The molecule has 1 atom stereocenters. The zero-order valence-electron chi connectivity index (χ0n) is 16.8. The molecule has 4 heteroatoms. The maximum absolute atomic E-state index is 10.4. The number of aliphatic carboxylic acids is 1. The first-order valence-electron chi connectivity index (χ1n) is 10.1. The summed E-state index contributed by atoms with van der Waals surface area (Å²) in [6.07, 6.45) is 17.6. The van der Waals surface area contributed by atoms with Crippen LogP contribution in [0.5, 0.6) is 0 Å². The summed E-state index contributed by atoms with van der Waals surface area (Å²) < 4.78 is 0. The van der Waals surface area contributed by atoms with Gasteiger partial charge in [0.1, 0.15) is 0 Å². The Morgan fingerprint density at radius 2 is 1.21 bits per heavy atom. The Bertz CT molecular complexity index is 228. The molecule has 0 aromatic rings. The van der Waals surface area contributed by atoms with E-state index < -0.39 is 5.97 Å². The average molecular weight is 450 g/mol. The molecule has 0 aliphatic heterocycles. The Labute approximate surface area is 168 Å². The van der Waals surface area contributed by atoms with Crippen molar-refractivity contribution < 1.29 is 9.90 Å². The van der Waals surface area contributed by atoms with E-state index in [9.17, 15) is 4.79 Å². The quantitative estimate of drug-likeness (QED) is 0.265. The Balaban J connectivity index is -0.000000364. The molecule has 146 valence electrons. The summed E-state index contributed by atoms with van der Waals surface area (Å²) >= 11 is 0. The number of carboxylic acid groups (broad SMARTS) is 1. The number of carboxylic acids is 1. The standard InChI is InChI=1S/C12H27N.C8H16O2.Sn.2H/c1-2-3-4-5-6-7-8-9-10-11-12-13;1-3-5-6-7(4-2)8(9)10;;;/h2-13H2,1H3;7H,3-6H2,1-2H3,(H,9,10);;;. The average Bonchev–Trinajstić information content (AvgIpc) is 2.54. The van der Waals surface area contributed by atoms with Gasteiger partial charge in [0, 0.05) is 0 Å². The molecule has 0 aliphatic carbocycles. The maximum atomic E-state index is 10.4. The summed E-state index contributed by atoms with van der Waals surface area (Å²) in [6, 6.07) is 0. The molecular formula is C20H45NO2Sn. The van der Waals surface area contributed by atoms with Crippen LogP contribution in [0.4, 0.5) is 0 Å². The van der Waals surface area contributed by atoms with E-state index in [-0.39, 0.29) is 29.8 Å². The molecule has 0 saturated heterocycles. The van der Waals surface area contributed by atoms with Gasteiger partial charge in [-0.25, -0.2) is 0 Å². The molecule has 0 rings (SSSR count). The van der Waals surface area contributed by atoms with Crippen LogP contribution in [0.25, 0.3) is 0 Å². The van der Waals surface area contributed by atoms with Crippen LogP contribution in [-0.2, 0) is 4.79 Å². The zero-order chi connectivity index (χ0) is 17.8. The molecule has 2 radical (unpaired) electrons.